The van der Waals surface area contributed by atoms with Crippen LogP contribution in [0.25, 0.3) is 11.5 Å². The van der Waals surface area contributed by atoms with Gasteiger partial charge < -0.3 is 15.0 Å². The van der Waals surface area contributed by atoms with Crippen molar-refractivity contribution in [3.63, 3.8) is 0 Å². The van der Waals surface area contributed by atoms with Crippen LogP contribution < -0.4 is 5.73 Å². The molecule has 2 N–H and O–H groups in total. The second kappa shape index (κ2) is 9.95. The number of aryl methyl sites for hydroxylation is 1. The van der Waals surface area contributed by atoms with Gasteiger partial charge >= 0.3 is 5.97 Å². The number of esters is 1. The maximum absolute atomic E-state index is 13.4. The summed E-state index contributed by atoms with van der Waals surface area (Å²) < 4.78 is 21.8. The lowest BCUT2D eigenvalue weighted by Crippen LogP contribution is -2.16. The minimum atomic E-state index is -0.719. The van der Waals surface area contributed by atoms with Gasteiger partial charge in [0, 0.05) is 24.4 Å². The lowest BCUT2D eigenvalue weighted by molar-refractivity contribution is -0.118. The van der Waals surface area contributed by atoms with Crippen LogP contribution in [0, 0.1) is 5.82 Å². The van der Waals surface area contributed by atoms with Crippen LogP contribution in [-0.2, 0) is 16.0 Å². The molecule has 0 saturated heterocycles. The third-order valence-electron chi connectivity index (χ3n) is 5.15. The van der Waals surface area contributed by atoms with Gasteiger partial charge in [0.05, 0.1) is 11.9 Å². The first-order valence-corrected chi connectivity index (χ1v) is 10.5. The fraction of sp³-hybridized carbons (Fsp3) is 0.120. The maximum atomic E-state index is 13.4. The number of rotatable bonds is 9. The molecule has 4 aromatic rings. The molecule has 0 fully saturated rings. The average molecular weight is 460 g/mol. The standard InChI is InChI=1S/C25H21FN4O4/c26-19-8-10-20(11-9-19)30-24(29-13-1-2-14-29)21(15-28-30)25(33)34-16-22(31)18-6-3-17(4-7-18)5-12-23(27)32/h1-4,6-11,13-15H,5,12,16H2,(H2,27,32). The van der Waals surface area contributed by atoms with Gasteiger partial charge in [-0.25, -0.2) is 13.9 Å². The molecule has 2 aromatic heterocycles. The summed E-state index contributed by atoms with van der Waals surface area (Å²) in [6.45, 7) is -0.452. The highest BCUT2D eigenvalue weighted by molar-refractivity contribution is 6.00. The number of primary amides is 1. The molecule has 9 heteroatoms. The molecule has 0 atom stereocenters. The van der Waals surface area contributed by atoms with Crippen molar-refractivity contribution >= 4 is 17.7 Å². The first kappa shape index (κ1) is 22.7. The topological polar surface area (TPSA) is 109 Å². The van der Waals surface area contributed by atoms with Crippen LogP contribution in [0.1, 0.15) is 32.7 Å². The Bertz CT molecular complexity index is 1310. The third kappa shape index (κ3) is 5.09. The van der Waals surface area contributed by atoms with E-state index in [0.717, 1.165) is 5.56 Å². The summed E-state index contributed by atoms with van der Waals surface area (Å²) in [5.41, 5.74) is 7.10. The molecule has 0 bridgehead atoms. The van der Waals surface area contributed by atoms with Gasteiger partial charge in [0.2, 0.25) is 5.91 Å². The number of nitrogens with two attached hydrogens (primary N) is 1. The predicted octanol–water partition coefficient (Wildman–Crippen LogP) is 3.26. The zero-order valence-corrected chi connectivity index (χ0v) is 18.1. The number of carbonyl (C=O) groups excluding carboxylic acids is 3. The van der Waals surface area contributed by atoms with Crippen molar-refractivity contribution in [1.29, 1.82) is 0 Å². The summed E-state index contributed by atoms with van der Waals surface area (Å²) in [5, 5.41) is 4.27. The Hall–Kier alpha value is -4.53. The van der Waals surface area contributed by atoms with Gasteiger partial charge in [0.25, 0.3) is 0 Å². The molecule has 0 spiro atoms. The van der Waals surface area contributed by atoms with Crippen molar-refractivity contribution in [2.75, 3.05) is 6.61 Å². The number of benzene rings is 2. The van der Waals surface area contributed by atoms with E-state index in [1.54, 1.807) is 65.5 Å². The highest BCUT2D eigenvalue weighted by Crippen LogP contribution is 2.21. The van der Waals surface area contributed by atoms with Gasteiger partial charge in [-0.3, -0.25) is 9.59 Å². The smallest absolute Gasteiger partial charge is 0.344 e. The van der Waals surface area contributed by atoms with E-state index in [9.17, 15) is 18.8 Å². The highest BCUT2D eigenvalue weighted by Gasteiger charge is 2.22. The molecular weight excluding hydrogens is 439 g/mol. The normalized spacial score (nSPS) is 10.7. The van der Waals surface area contributed by atoms with Crippen LogP contribution in [0.5, 0.6) is 0 Å². The van der Waals surface area contributed by atoms with E-state index in [4.69, 9.17) is 10.5 Å². The number of Topliss-reactive ketones (excluding diaryl/α,β-unsaturated/α-hetero) is 1. The summed E-state index contributed by atoms with van der Waals surface area (Å²) in [4.78, 5) is 36.3. The fourth-order valence-corrected chi connectivity index (χ4v) is 3.40. The Balaban J connectivity index is 1.49. The molecule has 0 aliphatic rings. The van der Waals surface area contributed by atoms with Crippen LogP contribution in [0.3, 0.4) is 0 Å². The number of nitrogens with zero attached hydrogens (tertiary/aromatic N) is 3. The largest absolute Gasteiger partial charge is 0.454 e. The molecule has 2 aromatic carbocycles. The Labute approximate surface area is 194 Å². The Morgan fingerprint density at radius 2 is 1.65 bits per heavy atom. The molecule has 34 heavy (non-hydrogen) atoms. The fourth-order valence-electron chi connectivity index (χ4n) is 3.40. The second-order valence-electron chi connectivity index (χ2n) is 7.52. The molecule has 4 rings (SSSR count). The minimum absolute atomic E-state index is 0.148. The van der Waals surface area contributed by atoms with Crippen molar-refractivity contribution in [2.24, 2.45) is 5.73 Å². The van der Waals surface area contributed by atoms with Crippen LogP contribution in [0.2, 0.25) is 0 Å². The van der Waals surface area contributed by atoms with E-state index in [1.165, 1.54) is 23.0 Å². The molecule has 1 amide bonds. The first-order chi connectivity index (χ1) is 16.4. The van der Waals surface area contributed by atoms with Gasteiger partial charge in [-0.2, -0.15) is 5.10 Å². The first-order valence-electron chi connectivity index (χ1n) is 10.5. The molecule has 0 aliphatic carbocycles. The number of halogens is 1. The molecule has 2 heterocycles. The number of hydrogen-bond acceptors (Lipinski definition) is 5. The Morgan fingerprint density at radius 1 is 0.971 bits per heavy atom. The van der Waals surface area contributed by atoms with E-state index in [-0.39, 0.29) is 17.8 Å². The molecule has 0 radical (unpaired) electrons. The monoisotopic (exact) mass is 460 g/mol. The van der Waals surface area contributed by atoms with Gasteiger partial charge in [-0.1, -0.05) is 24.3 Å². The van der Waals surface area contributed by atoms with E-state index >= 15 is 0 Å². The molecule has 172 valence electrons. The third-order valence-corrected chi connectivity index (χ3v) is 5.15. The minimum Gasteiger partial charge on any atom is -0.454 e. The van der Waals surface area contributed by atoms with Gasteiger partial charge in [-0.05, 0) is 48.4 Å². The zero-order valence-electron chi connectivity index (χ0n) is 18.1. The summed E-state index contributed by atoms with van der Waals surface area (Å²) in [6.07, 6.45) is 5.52. The Morgan fingerprint density at radius 3 is 2.29 bits per heavy atom. The van der Waals surface area contributed by atoms with E-state index in [1.807, 2.05) is 0 Å². The number of carbonyl (C=O) groups is 3. The molecule has 8 nitrogen and oxygen atoms in total. The van der Waals surface area contributed by atoms with Crippen LogP contribution in [-0.4, -0.2) is 38.6 Å². The number of ketones is 1. The average Bonchev–Trinajstić information content (AvgIpc) is 3.52. The maximum Gasteiger partial charge on any atom is 0.344 e. The van der Waals surface area contributed by atoms with Crippen molar-refractivity contribution in [3.8, 4) is 11.5 Å². The quantitative estimate of drug-likeness (QED) is 0.305. The molecular formula is C25H21FN4O4. The number of aromatic nitrogens is 3. The van der Waals surface area contributed by atoms with E-state index in [0.29, 0.717) is 23.5 Å². The van der Waals surface area contributed by atoms with Crippen molar-refractivity contribution in [2.45, 2.75) is 12.8 Å². The van der Waals surface area contributed by atoms with E-state index in [2.05, 4.69) is 5.10 Å². The molecule has 0 aliphatic heterocycles. The zero-order chi connectivity index (χ0) is 24.1. The van der Waals surface area contributed by atoms with E-state index < -0.39 is 24.3 Å². The van der Waals surface area contributed by atoms with Crippen LogP contribution >= 0.6 is 0 Å². The summed E-state index contributed by atoms with van der Waals surface area (Å²) >= 11 is 0. The molecule has 0 unspecified atom stereocenters. The number of hydrogen-bond donors (Lipinski definition) is 1. The highest BCUT2D eigenvalue weighted by atomic mass is 19.1. The number of amides is 1. The SMILES string of the molecule is NC(=O)CCc1ccc(C(=O)COC(=O)c2cnn(-c3ccc(F)cc3)c2-n2cccc2)cc1. The van der Waals surface area contributed by atoms with Gasteiger partial charge in [0.1, 0.15) is 11.4 Å². The van der Waals surface area contributed by atoms with Crippen LogP contribution in [0.15, 0.2) is 79.3 Å². The van der Waals surface area contributed by atoms with Crippen molar-refractivity contribution in [3.05, 3.63) is 102 Å². The van der Waals surface area contributed by atoms with Crippen molar-refractivity contribution < 1.29 is 23.5 Å². The Kier molecular flexibility index (Phi) is 6.63. The van der Waals surface area contributed by atoms with Crippen LogP contribution in [0.4, 0.5) is 4.39 Å². The molecule has 0 saturated carbocycles. The second-order valence-corrected chi connectivity index (χ2v) is 7.52. The van der Waals surface area contributed by atoms with Gasteiger partial charge in [0.15, 0.2) is 18.2 Å². The summed E-state index contributed by atoms with van der Waals surface area (Å²) in [6, 6.07) is 15.9. The van der Waals surface area contributed by atoms with Crippen molar-refractivity contribution in [1.82, 2.24) is 14.3 Å². The predicted molar refractivity (Wildman–Crippen MR) is 121 cm³/mol. The number of ether oxygens (including phenoxy) is 1. The summed E-state index contributed by atoms with van der Waals surface area (Å²) in [7, 11) is 0. The summed E-state index contributed by atoms with van der Waals surface area (Å²) in [5.74, 6) is -1.48. The lowest BCUT2D eigenvalue weighted by Gasteiger charge is -2.11. The lowest BCUT2D eigenvalue weighted by atomic mass is 10.1. The van der Waals surface area contributed by atoms with Gasteiger partial charge in [-0.15, -0.1) is 0 Å².